The minimum Gasteiger partial charge on any atom is -0.311 e. The number of para-hydroxylation sites is 1. The van der Waals surface area contributed by atoms with E-state index in [1.807, 2.05) is 30.3 Å². The predicted octanol–water partition coefficient (Wildman–Crippen LogP) is 3.39. The van der Waals surface area contributed by atoms with E-state index in [0.29, 0.717) is 18.0 Å². The van der Waals surface area contributed by atoms with Crippen LogP contribution >= 0.6 is 11.8 Å². The third-order valence-corrected chi connectivity index (χ3v) is 4.60. The van der Waals surface area contributed by atoms with E-state index in [2.05, 4.69) is 10.2 Å². The van der Waals surface area contributed by atoms with Gasteiger partial charge in [0.25, 0.3) is 0 Å². The summed E-state index contributed by atoms with van der Waals surface area (Å²) in [6.45, 7) is 0.578. The van der Waals surface area contributed by atoms with Gasteiger partial charge in [0.15, 0.2) is 5.69 Å². The number of amides is 1. The molecule has 0 bridgehead atoms. The highest BCUT2D eigenvalue weighted by atomic mass is 32.2. The summed E-state index contributed by atoms with van der Waals surface area (Å²) in [5.74, 6) is -0.0668. The number of aromatic nitrogens is 2. The molecule has 1 saturated heterocycles. The van der Waals surface area contributed by atoms with Crippen LogP contribution in [0.3, 0.4) is 0 Å². The Kier molecular flexibility index (Phi) is 4.25. The van der Waals surface area contributed by atoms with Gasteiger partial charge in [-0.05, 0) is 30.7 Å². The molecule has 1 aromatic heterocycles. The molecule has 0 unspecified atom stereocenters. The first kappa shape index (κ1) is 15.8. The average molecular weight is 339 g/mol. The largest absolute Gasteiger partial charge is 0.435 e. The van der Waals surface area contributed by atoms with E-state index in [1.165, 1.54) is 6.07 Å². The SMILES string of the molecule is O=C1[C@@H](Sc2ccc(C(F)(F)F)nn2)CCN1c1ccccc1. The average Bonchev–Trinajstić information content (AvgIpc) is 2.89. The van der Waals surface area contributed by atoms with Crippen molar-refractivity contribution in [3.63, 3.8) is 0 Å². The van der Waals surface area contributed by atoms with Gasteiger partial charge in [-0.1, -0.05) is 30.0 Å². The Balaban J connectivity index is 1.69. The number of benzene rings is 1. The number of hydrogen-bond donors (Lipinski definition) is 0. The van der Waals surface area contributed by atoms with E-state index >= 15 is 0 Å². The summed E-state index contributed by atoms with van der Waals surface area (Å²) in [7, 11) is 0. The second kappa shape index (κ2) is 6.19. The van der Waals surface area contributed by atoms with E-state index in [0.717, 1.165) is 23.5 Å². The maximum absolute atomic E-state index is 12.5. The van der Waals surface area contributed by atoms with Gasteiger partial charge in [-0.3, -0.25) is 4.79 Å². The molecule has 23 heavy (non-hydrogen) atoms. The molecule has 2 heterocycles. The first-order valence-electron chi connectivity index (χ1n) is 6.89. The van der Waals surface area contributed by atoms with Crippen LogP contribution in [0.4, 0.5) is 18.9 Å². The van der Waals surface area contributed by atoms with Crippen molar-refractivity contribution in [3.05, 3.63) is 48.2 Å². The van der Waals surface area contributed by atoms with Gasteiger partial charge in [0.05, 0.1) is 5.25 Å². The Morgan fingerprint density at radius 2 is 1.83 bits per heavy atom. The second-order valence-electron chi connectivity index (χ2n) is 4.98. The second-order valence-corrected chi connectivity index (χ2v) is 6.20. The maximum Gasteiger partial charge on any atom is 0.435 e. The normalized spacial score (nSPS) is 18.5. The molecule has 1 amide bonds. The Bertz CT molecular complexity index is 691. The molecule has 8 heteroatoms. The van der Waals surface area contributed by atoms with Gasteiger partial charge in [-0.25, -0.2) is 0 Å². The number of hydrogen-bond acceptors (Lipinski definition) is 4. The summed E-state index contributed by atoms with van der Waals surface area (Å²) in [6.07, 6.45) is -3.90. The molecule has 0 radical (unpaired) electrons. The van der Waals surface area contributed by atoms with Crippen LogP contribution in [0.15, 0.2) is 47.5 Å². The lowest BCUT2D eigenvalue weighted by molar-refractivity contribution is -0.141. The molecule has 1 aromatic carbocycles. The monoisotopic (exact) mass is 339 g/mol. The van der Waals surface area contributed by atoms with Gasteiger partial charge in [-0.2, -0.15) is 13.2 Å². The van der Waals surface area contributed by atoms with Crippen LogP contribution in [0.1, 0.15) is 12.1 Å². The van der Waals surface area contributed by atoms with Crippen molar-refractivity contribution in [3.8, 4) is 0 Å². The highest BCUT2D eigenvalue weighted by Gasteiger charge is 2.35. The molecule has 3 rings (SSSR count). The zero-order chi connectivity index (χ0) is 16.4. The quantitative estimate of drug-likeness (QED) is 0.860. The highest BCUT2D eigenvalue weighted by molar-refractivity contribution is 8.00. The van der Waals surface area contributed by atoms with Gasteiger partial charge in [0.1, 0.15) is 5.03 Å². The molecular weight excluding hydrogens is 327 g/mol. The third kappa shape index (κ3) is 3.47. The van der Waals surface area contributed by atoms with Crippen LogP contribution in [0.5, 0.6) is 0 Å². The molecule has 1 aliphatic rings. The number of nitrogens with zero attached hydrogens (tertiary/aromatic N) is 3. The summed E-state index contributed by atoms with van der Waals surface area (Å²) in [6, 6.07) is 11.4. The molecule has 1 fully saturated rings. The lowest BCUT2D eigenvalue weighted by atomic mass is 10.3. The van der Waals surface area contributed by atoms with E-state index in [9.17, 15) is 18.0 Å². The summed E-state index contributed by atoms with van der Waals surface area (Å²) >= 11 is 1.14. The summed E-state index contributed by atoms with van der Waals surface area (Å²) in [5, 5.41) is 6.69. The molecule has 1 atom stereocenters. The van der Waals surface area contributed by atoms with Crippen LogP contribution in [0.25, 0.3) is 0 Å². The van der Waals surface area contributed by atoms with Crippen molar-refractivity contribution in [2.24, 2.45) is 0 Å². The van der Waals surface area contributed by atoms with Gasteiger partial charge < -0.3 is 4.90 Å². The minimum atomic E-state index is -4.51. The van der Waals surface area contributed by atoms with Crippen LogP contribution in [-0.4, -0.2) is 27.9 Å². The van der Waals surface area contributed by atoms with Crippen molar-refractivity contribution in [1.29, 1.82) is 0 Å². The van der Waals surface area contributed by atoms with Crippen LogP contribution in [0.2, 0.25) is 0 Å². The highest BCUT2D eigenvalue weighted by Crippen LogP contribution is 2.33. The van der Waals surface area contributed by atoms with Gasteiger partial charge in [0.2, 0.25) is 5.91 Å². The molecule has 120 valence electrons. The lowest BCUT2D eigenvalue weighted by Crippen LogP contribution is -2.27. The number of halogens is 3. The summed E-state index contributed by atoms with van der Waals surface area (Å²) < 4.78 is 37.4. The molecule has 1 aliphatic heterocycles. The third-order valence-electron chi connectivity index (χ3n) is 3.42. The van der Waals surface area contributed by atoms with Crippen molar-refractivity contribution in [1.82, 2.24) is 10.2 Å². The van der Waals surface area contributed by atoms with Crippen LogP contribution in [-0.2, 0) is 11.0 Å². The smallest absolute Gasteiger partial charge is 0.311 e. The first-order chi connectivity index (χ1) is 10.9. The number of rotatable bonds is 3. The topological polar surface area (TPSA) is 46.1 Å². The molecule has 0 N–H and O–H groups in total. The molecule has 0 aliphatic carbocycles. The minimum absolute atomic E-state index is 0.0668. The van der Waals surface area contributed by atoms with E-state index in [-0.39, 0.29) is 11.2 Å². The van der Waals surface area contributed by atoms with Gasteiger partial charge in [0, 0.05) is 12.2 Å². The number of anilines is 1. The van der Waals surface area contributed by atoms with Crippen LogP contribution in [0, 0.1) is 0 Å². The Morgan fingerprint density at radius 3 is 2.43 bits per heavy atom. The zero-order valence-corrected chi connectivity index (χ0v) is 12.6. The van der Waals surface area contributed by atoms with E-state index in [4.69, 9.17) is 0 Å². The molecule has 4 nitrogen and oxygen atoms in total. The fourth-order valence-electron chi connectivity index (χ4n) is 2.31. The Hall–Kier alpha value is -2.09. The lowest BCUT2D eigenvalue weighted by Gasteiger charge is -2.16. The molecule has 2 aromatic rings. The first-order valence-corrected chi connectivity index (χ1v) is 7.77. The molecule has 0 spiro atoms. The fourth-order valence-corrected chi connectivity index (χ4v) is 3.28. The Labute approximate surface area is 134 Å². The van der Waals surface area contributed by atoms with Gasteiger partial charge >= 0.3 is 6.18 Å². The number of carbonyl (C=O) groups is 1. The summed E-state index contributed by atoms with van der Waals surface area (Å²) in [4.78, 5) is 14.1. The molecule has 0 saturated carbocycles. The van der Waals surface area contributed by atoms with Crippen molar-refractivity contribution in [2.75, 3.05) is 11.4 Å². The summed E-state index contributed by atoms with van der Waals surface area (Å²) in [5.41, 5.74) is -0.218. The number of thioether (sulfide) groups is 1. The number of carbonyl (C=O) groups excluding carboxylic acids is 1. The van der Waals surface area contributed by atoms with Crippen molar-refractivity contribution >= 4 is 23.4 Å². The van der Waals surface area contributed by atoms with Crippen LogP contribution < -0.4 is 4.90 Å². The maximum atomic E-state index is 12.5. The van der Waals surface area contributed by atoms with Gasteiger partial charge in [-0.15, -0.1) is 10.2 Å². The zero-order valence-electron chi connectivity index (χ0n) is 11.8. The van der Waals surface area contributed by atoms with E-state index < -0.39 is 11.9 Å². The van der Waals surface area contributed by atoms with Crippen molar-refractivity contribution in [2.45, 2.75) is 22.9 Å². The number of alkyl halides is 3. The van der Waals surface area contributed by atoms with E-state index in [1.54, 1.807) is 4.90 Å². The predicted molar refractivity (Wildman–Crippen MR) is 80.1 cm³/mol. The molecular formula is C15H12F3N3OS. The van der Waals surface area contributed by atoms with Crippen molar-refractivity contribution < 1.29 is 18.0 Å². The standard InChI is InChI=1S/C15H12F3N3OS/c16-15(17,18)12-6-7-13(20-19-12)23-11-8-9-21(14(11)22)10-4-2-1-3-5-10/h1-7,11H,8-9H2/t11-/m0/s1. The fraction of sp³-hybridized carbons (Fsp3) is 0.267. The Morgan fingerprint density at radius 1 is 1.09 bits per heavy atom.